The Hall–Kier alpha value is -3.13. The number of thiazole rings is 1. The molecule has 0 bridgehead atoms. The van der Waals surface area contributed by atoms with E-state index in [2.05, 4.69) is 20.2 Å². The van der Waals surface area contributed by atoms with Gasteiger partial charge in [0, 0.05) is 62.0 Å². The van der Waals surface area contributed by atoms with Crippen molar-refractivity contribution in [3.63, 3.8) is 0 Å². The second kappa shape index (κ2) is 9.16. The molecule has 7 nitrogen and oxygen atoms in total. The van der Waals surface area contributed by atoms with Gasteiger partial charge in [0.1, 0.15) is 11.6 Å². The number of benzene rings is 1. The number of nitrogens with zero attached hydrogens (tertiary/aromatic N) is 5. The second-order valence-electron chi connectivity index (χ2n) is 8.09. The van der Waals surface area contributed by atoms with Crippen LogP contribution >= 0.6 is 11.3 Å². The molecular weight excluding hydrogens is 422 g/mol. The number of anilines is 2. The SMILES string of the molecule is COc1ccc(C(=O)N2CCN(c3ccccn3)CC2)cc1-c1csc(N2CCCC2)n1. The van der Waals surface area contributed by atoms with Crippen LogP contribution in [-0.2, 0) is 0 Å². The lowest BCUT2D eigenvalue weighted by Crippen LogP contribution is -2.49. The molecule has 2 saturated heterocycles. The molecule has 1 aromatic carbocycles. The summed E-state index contributed by atoms with van der Waals surface area (Å²) in [4.78, 5) is 29.0. The Morgan fingerprint density at radius 3 is 2.53 bits per heavy atom. The summed E-state index contributed by atoms with van der Waals surface area (Å²) in [6.07, 6.45) is 4.24. The average Bonchev–Trinajstić information content (AvgIpc) is 3.56. The molecule has 5 rings (SSSR count). The van der Waals surface area contributed by atoms with E-state index >= 15 is 0 Å². The lowest BCUT2D eigenvalue weighted by molar-refractivity contribution is 0.0746. The average molecular weight is 450 g/mol. The Morgan fingerprint density at radius 1 is 1.00 bits per heavy atom. The maximum absolute atomic E-state index is 13.3. The van der Waals surface area contributed by atoms with Gasteiger partial charge >= 0.3 is 0 Å². The third-order valence-corrected chi connectivity index (χ3v) is 7.03. The molecule has 8 heteroatoms. The first-order valence-corrected chi connectivity index (χ1v) is 11.9. The van der Waals surface area contributed by atoms with Gasteiger partial charge in [-0.2, -0.15) is 0 Å². The zero-order valence-corrected chi connectivity index (χ0v) is 19.1. The van der Waals surface area contributed by atoms with Gasteiger partial charge in [-0.15, -0.1) is 11.3 Å². The third-order valence-electron chi connectivity index (χ3n) is 6.13. The molecule has 2 fully saturated rings. The van der Waals surface area contributed by atoms with E-state index in [1.165, 1.54) is 12.8 Å². The van der Waals surface area contributed by atoms with Crippen LogP contribution in [0.25, 0.3) is 11.3 Å². The van der Waals surface area contributed by atoms with E-state index in [-0.39, 0.29) is 5.91 Å². The number of aromatic nitrogens is 2. The number of ether oxygens (including phenoxy) is 1. The van der Waals surface area contributed by atoms with Crippen molar-refractivity contribution in [3.8, 4) is 17.0 Å². The Bertz CT molecular complexity index is 1070. The van der Waals surface area contributed by atoms with Crippen molar-refractivity contribution in [2.75, 3.05) is 56.2 Å². The largest absolute Gasteiger partial charge is 0.496 e. The highest BCUT2D eigenvalue weighted by atomic mass is 32.1. The zero-order chi connectivity index (χ0) is 21.9. The van der Waals surface area contributed by atoms with Crippen molar-refractivity contribution in [2.45, 2.75) is 12.8 Å². The Balaban J connectivity index is 1.33. The van der Waals surface area contributed by atoms with Crippen LogP contribution in [0.3, 0.4) is 0 Å². The lowest BCUT2D eigenvalue weighted by Gasteiger charge is -2.35. The van der Waals surface area contributed by atoms with Crippen molar-refractivity contribution in [1.29, 1.82) is 0 Å². The van der Waals surface area contributed by atoms with Gasteiger partial charge in [-0.25, -0.2) is 9.97 Å². The highest BCUT2D eigenvalue weighted by Gasteiger charge is 2.24. The minimum Gasteiger partial charge on any atom is -0.496 e. The summed E-state index contributed by atoms with van der Waals surface area (Å²) < 4.78 is 5.59. The topological polar surface area (TPSA) is 61.8 Å². The molecule has 0 unspecified atom stereocenters. The van der Waals surface area contributed by atoms with Gasteiger partial charge in [0.2, 0.25) is 0 Å². The Labute approximate surface area is 192 Å². The summed E-state index contributed by atoms with van der Waals surface area (Å²) in [7, 11) is 1.66. The molecule has 32 heavy (non-hydrogen) atoms. The first-order chi connectivity index (χ1) is 15.7. The molecule has 0 radical (unpaired) electrons. The summed E-state index contributed by atoms with van der Waals surface area (Å²) in [5.41, 5.74) is 2.40. The van der Waals surface area contributed by atoms with Gasteiger partial charge in [0.15, 0.2) is 5.13 Å². The van der Waals surface area contributed by atoms with Crippen molar-refractivity contribution in [1.82, 2.24) is 14.9 Å². The molecule has 0 atom stereocenters. The van der Waals surface area contributed by atoms with Crippen LogP contribution in [0.4, 0.5) is 10.9 Å². The molecule has 0 saturated carbocycles. The fourth-order valence-corrected chi connectivity index (χ4v) is 5.22. The van der Waals surface area contributed by atoms with Gasteiger partial charge in [-0.3, -0.25) is 4.79 Å². The monoisotopic (exact) mass is 449 g/mol. The van der Waals surface area contributed by atoms with Crippen LogP contribution in [0.1, 0.15) is 23.2 Å². The maximum Gasteiger partial charge on any atom is 0.254 e. The van der Waals surface area contributed by atoms with Crippen molar-refractivity contribution in [2.24, 2.45) is 0 Å². The number of methoxy groups -OCH3 is 1. The molecule has 0 spiro atoms. The predicted octanol–water partition coefficient (Wildman–Crippen LogP) is 3.78. The third kappa shape index (κ3) is 4.14. The molecule has 2 aromatic heterocycles. The van der Waals surface area contributed by atoms with Crippen molar-refractivity contribution >= 4 is 28.2 Å². The predicted molar refractivity (Wildman–Crippen MR) is 128 cm³/mol. The van der Waals surface area contributed by atoms with E-state index in [4.69, 9.17) is 9.72 Å². The summed E-state index contributed by atoms with van der Waals surface area (Å²) in [5, 5.41) is 3.10. The number of pyridine rings is 1. The number of hydrogen-bond donors (Lipinski definition) is 0. The zero-order valence-electron chi connectivity index (χ0n) is 18.2. The molecule has 2 aliphatic rings. The number of hydrogen-bond acceptors (Lipinski definition) is 7. The van der Waals surface area contributed by atoms with Gasteiger partial charge in [0.05, 0.1) is 12.8 Å². The van der Waals surface area contributed by atoms with Gasteiger partial charge in [-0.1, -0.05) is 6.07 Å². The quantitative estimate of drug-likeness (QED) is 0.591. The van der Waals surface area contributed by atoms with E-state index in [0.29, 0.717) is 18.7 Å². The Kier molecular flexibility index (Phi) is 5.94. The van der Waals surface area contributed by atoms with Gasteiger partial charge < -0.3 is 19.4 Å². The van der Waals surface area contributed by atoms with E-state index in [0.717, 1.165) is 54.1 Å². The standard InChI is InChI=1S/C24H27N5O2S/c1-31-21-8-7-18(16-19(21)20-17-32-24(26-20)29-10-4-5-11-29)23(30)28-14-12-27(13-15-28)22-6-2-3-9-25-22/h2-3,6-9,16-17H,4-5,10-15H2,1H3. The van der Waals surface area contributed by atoms with E-state index in [1.54, 1.807) is 24.6 Å². The summed E-state index contributed by atoms with van der Waals surface area (Å²) in [6.45, 7) is 5.02. The van der Waals surface area contributed by atoms with Gasteiger partial charge in [0.25, 0.3) is 5.91 Å². The normalized spacial score (nSPS) is 16.5. The molecule has 2 aliphatic heterocycles. The number of piperazine rings is 1. The molecule has 166 valence electrons. The minimum atomic E-state index is 0.0459. The lowest BCUT2D eigenvalue weighted by atomic mass is 10.1. The smallest absolute Gasteiger partial charge is 0.254 e. The number of carbonyl (C=O) groups excluding carboxylic acids is 1. The van der Waals surface area contributed by atoms with E-state index < -0.39 is 0 Å². The molecule has 0 N–H and O–H groups in total. The number of amides is 1. The molecular formula is C24H27N5O2S. The van der Waals surface area contributed by atoms with Crippen LogP contribution in [0.15, 0.2) is 48.0 Å². The fourth-order valence-electron chi connectivity index (χ4n) is 4.34. The maximum atomic E-state index is 13.3. The number of carbonyl (C=O) groups is 1. The van der Waals surface area contributed by atoms with Crippen LogP contribution in [-0.4, -0.2) is 67.2 Å². The van der Waals surface area contributed by atoms with E-state index in [9.17, 15) is 4.79 Å². The van der Waals surface area contributed by atoms with Gasteiger partial charge in [-0.05, 0) is 43.2 Å². The van der Waals surface area contributed by atoms with Crippen LogP contribution in [0, 0.1) is 0 Å². The second-order valence-corrected chi connectivity index (χ2v) is 8.93. The minimum absolute atomic E-state index is 0.0459. The fraction of sp³-hybridized carbons (Fsp3) is 0.375. The molecule has 1 amide bonds. The highest BCUT2D eigenvalue weighted by Crippen LogP contribution is 2.35. The highest BCUT2D eigenvalue weighted by molar-refractivity contribution is 7.14. The summed E-state index contributed by atoms with van der Waals surface area (Å²) in [5.74, 6) is 1.74. The van der Waals surface area contributed by atoms with E-state index in [1.807, 2.05) is 41.3 Å². The molecule has 3 aromatic rings. The first kappa shape index (κ1) is 20.8. The summed E-state index contributed by atoms with van der Waals surface area (Å²) >= 11 is 1.65. The first-order valence-electron chi connectivity index (χ1n) is 11.1. The number of rotatable bonds is 5. The summed E-state index contributed by atoms with van der Waals surface area (Å²) in [6, 6.07) is 11.6. The van der Waals surface area contributed by atoms with Crippen molar-refractivity contribution < 1.29 is 9.53 Å². The molecule has 4 heterocycles. The van der Waals surface area contributed by atoms with Crippen LogP contribution < -0.4 is 14.5 Å². The molecule has 0 aliphatic carbocycles. The van der Waals surface area contributed by atoms with Crippen molar-refractivity contribution in [3.05, 3.63) is 53.5 Å². The Morgan fingerprint density at radius 2 is 1.81 bits per heavy atom. The van der Waals surface area contributed by atoms with Crippen LogP contribution in [0.2, 0.25) is 0 Å². The van der Waals surface area contributed by atoms with Crippen LogP contribution in [0.5, 0.6) is 5.75 Å².